The zero-order valence-electron chi connectivity index (χ0n) is 12.7. The number of nitriles is 1. The second-order valence-corrected chi connectivity index (χ2v) is 5.10. The van der Waals surface area contributed by atoms with Gasteiger partial charge in [0, 0.05) is 5.92 Å². The van der Waals surface area contributed by atoms with Crippen LogP contribution in [0.2, 0.25) is 0 Å². The molecule has 1 fully saturated rings. The van der Waals surface area contributed by atoms with Crippen LogP contribution in [0.25, 0.3) is 0 Å². The van der Waals surface area contributed by atoms with Gasteiger partial charge in [-0.1, -0.05) is 12.1 Å². The third kappa shape index (κ3) is 2.10. The Morgan fingerprint density at radius 3 is 2.09 bits per heavy atom. The van der Waals surface area contributed by atoms with Crippen molar-refractivity contribution >= 4 is 11.9 Å². The van der Waals surface area contributed by atoms with Gasteiger partial charge in [-0.05, 0) is 24.1 Å². The van der Waals surface area contributed by atoms with E-state index in [1.54, 1.807) is 31.4 Å². The number of carbonyl (C=O) groups excluding carboxylic acids is 2. The minimum atomic E-state index is -1.60. The van der Waals surface area contributed by atoms with Gasteiger partial charge >= 0.3 is 11.9 Å². The van der Waals surface area contributed by atoms with Crippen LogP contribution in [-0.4, -0.2) is 33.3 Å². The number of ether oxygens (including phenoxy) is 3. The first kappa shape index (κ1) is 15.8. The molecule has 1 aromatic carbocycles. The molecule has 6 nitrogen and oxygen atoms in total. The molecule has 2 rings (SSSR count). The lowest BCUT2D eigenvalue weighted by atomic mass is 9.51. The molecule has 2 atom stereocenters. The van der Waals surface area contributed by atoms with Gasteiger partial charge in [0.05, 0.1) is 33.3 Å². The molecule has 1 aromatic rings. The number of nitrogens with zero attached hydrogens (tertiary/aromatic N) is 1. The van der Waals surface area contributed by atoms with Crippen LogP contribution in [0.5, 0.6) is 5.75 Å². The van der Waals surface area contributed by atoms with E-state index in [2.05, 4.69) is 0 Å². The highest BCUT2D eigenvalue weighted by Gasteiger charge is 2.68. The molecule has 0 bridgehead atoms. The fraction of sp³-hybridized carbons (Fsp3) is 0.438. The van der Waals surface area contributed by atoms with Crippen molar-refractivity contribution in [2.24, 2.45) is 11.3 Å². The summed E-state index contributed by atoms with van der Waals surface area (Å²) in [7, 11) is 3.95. The van der Waals surface area contributed by atoms with Crippen LogP contribution in [-0.2, 0) is 19.1 Å². The third-order valence-corrected chi connectivity index (χ3v) is 4.29. The first-order valence-electron chi connectivity index (χ1n) is 6.76. The highest BCUT2D eigenvalue weighted by Crippen LogP contribution is 2.58. The zero-order valence-corrected chi connectivity index (χ0v) is 12.7. The minimum Gasteiger partial charge on any atom is -0.497 e. The summed E-state index contributed by atoms with van der Waals surface area (Å²) < 4.78 is 14.7. The van der Waals surface area contributed by atoms with Crippen LogP contribution >= 0.6 is 0 Å². The Labute approximate surface area is 128 Å². The Balaban J connectivity index is 2.47. The number of rotatable bonds is 4. The predicted molar refractivity (Wildman–Crippen MR) is 75.9 cm³/mol. The fourth-order valence-electron chi connectivity index (χ4n) is 3.07. The van der Waals surface area contributed by atoms with Crippen molar-refractivity contribution in [3.8, 4) is 11.8 Å². The van der Waals surface area contributed by atoms with E-state index in [1.807, 2.05) is 6.07 Å². The van der Waals surface area contributed by atoms with Crippen molar-refractivity contribution in [3.05, 3.63) is 29.8 Å². The van der Waals surface area contributed by atoms with E-state index in [4.69, 9.17) is 14.2 Å². The zero-order chi connectivity index (χ0) is 16.3. The topological polar surface area (TPSA) is 85.6 Å². The summed E-state index contributed by atoms with van der Waals surface area (Å²) in [6, 6.07) is 9.06. The number of hydrogen-bond acceptors (Lipinski definition) is 6. The molecule has 6 heteroatoms. The summed E-state index contributed by atoms with van der Waals surface area (Å²) in [6.07, 6.45) is 0.396. The highest BCUT2D eigenvalue weighted by molar-refractivity contribution is 6.03. The third-order valence-electron chi connectivity index (χ3n) is 4.29. The van der Waals surface area contributed by atoms with Gasteiger partial charge in [0.25, 0.3) is 0 Å². The van der Waals surface area contributed by atoms with Gasteiger partial charge in [-0.2, -0.15) is 5.26 Å². The summed E-state index contributed by atoms with van der Waals surface area (Å²) in [4.78, 5) is 24.6. The Hall–Kier alpha value is -2.55. The van der Waals surface area contributed by atoms with E-state index in [0.717, 1.165) is 5.56 Å². The lowest BCUT2D eigenvalue weighted by Gasteiger charge is -2.48. The fourth-order valence-corrected chi connectivity index (χ4v) is 3.07. The molecule has 22 heavy (non-hydrogen) atoms. The molecule has 1 saturated carbocycles. The molecular weight excluding hydrogens is 286 g/mol. The van der Waals surface area contributed by atoms with Crippen molar-refractivity contribution in [3.63, 3.8) is 0 Å². The summed E-state index contributed by atoms with van der Waals surface area (Å²) >= 11 is 0. The van der Waals surface area contributed by atoms with E-state index >= 15 is 0 Å². The van der Waals surface area contributed by atoms with E-state index in [9.17, 15) is 14.9 Å². The first-order valence-corrected chi connectivity index (χ1v) is 6.76. The lowest BCUT2D eigenvalue weighted by molar-refractivity contribution is -0.183. The number of carbonyl (C=O) groups is 2. The molecule has 0 N–H and O–H groups in total. The van der Waals surface area contributed by atoms with E-state index in [-0.39, 0.29) is 0 Å². The Bertz CT molecular complexity index is 600. The van der Waals surface area contributed by atoms with Gasteiger partial charge in [0.2, 0.25) is 0 Å². The van der Waals surface area contributed by atoms with Gasteiger partial charge in [-0.3, -0.25) is 9.59 Å². The number of esters is 2. The van der Waals surface area contributed by atoms with Crippen molar-refractivity contribution in [2.75, 3.05) is 21.3 Å². The lowest BCUT2D eigenvalue weighted by Crippen LogP contribution is -2.58. The van der Waals surface area contributed by atoms with Crippen LogP contribution in [0, 0.1) is 22.7 Å². The molecule has 0 aromatic heterocycles. The molecule has 0 heterocycles. The second-order valence-electron chi connectivity index (χ2n) is 5.10. The molecule has 0 amide bonds. The SMILES string of the molecule is COC(=O)C1(C(=O)OC)[C@@H](C#N)C[C@H]1c1ccc(OC)cc1. The molecule has 0 saturated heterocycles. The van der Waals surface area contributed by atoms with Crippen LogP contribution in [0.3, 0.4) is 0 Å². The first-order chi connectivity index (χ1) is 10.6. The van der Waals surface area contributed by atoms with Crippen molar-refractivity contribution in [1.29, 1.82) is 5.26 Å². The minimum absolute atomic E-state index is 0.396. The largest absolute Gasteiger partial charge is 0.497 e. The summed E-state index contributed by atoms with van der Waals surface area (Å²) in [5, 5.41) is 9.27. The molecule has 0 unspecified atom stereocenters. The Morgan fingerprint density at radius 1 is 1.14 bits per heavy atom. The molecular formula is C16H17NO5. The number of methoxy groups -OCH3 is 3. The van der Waals surface area contributed by atoms with E-state index in [0.29, 0.717) is 12.2 Å². The quantitative estimate of drug-likeness (QED) is 0.621. The van der Waals surface area contributed by atoms with Gasteiger partial charge in [-0.25, -0.2) is 0 Å². The second kappa shape index (κ2) is 6.06. The van der Waals surface area contributed by atoms with Gasteiger partial charge in [-0.15, -0.1) is 0 Å². The van der Waals surface area contributed by atoms with Gasteiger partial charge in [0.1, 0.15) is 5.75 Å². The maximum atomic E-state index is 12.3. The average molecular weight is 303 g/mol. The Kier molecular flexibility index (Phi) is 4.36. The average Bonchev–Trinajstić information content (AvgIpc) is 2.54. The number of benzene rings is 1. The maximum Gasteiger partial charge on any atom is 0.325 e. The van der Waals surface area contributed by atoms with Crippen LogP contribution in [0.4, 0.5) is 0 Å². The Morgan fingerprint density at radius 2 is 1.68 bits per heavy atom. The molecule has 0 spiro atoms. The van der Waals surface area contributed by atoms with Crippen LogP contribution in [0.1, 0.15) is 17.9 Å². The van der Waals surface area contributed by atoms with Gasteiger partial charge in [0.15, 0.2) is 5.41 Å². The summed E-state index contributed by atoms with van der Waals surface area (Å²) in [5.74, 6) is -2.03. The van der Waals surface area contributed by atoms with E-state index in [1.165, 1.54) is 14.2 Å². The van der Waals surface area contributed by atoms with E-state index < -0.39 is 29.2 Å². The van der Waals surface area contributed by atoms with Crippen molar-refractivity contribution in [2.45, 2.75) is 12.3 Å². The maximum absolute atomic E-state index is 12.3. The predicted octanol–water partition coefficient (Wildman–Crippen LogP) is 1.65. The molecule has 116 valence electrons. The van der Waals surface area contributed by atoms with Gasteiger partial charge < -0.3 is 14.2 Å². The molecule has 1 aliphatic carbocycles. The van der Waals surface area contributed by atoms with Crippen molar-refractivity contribution in [1.82, 2.24) is 0 Å². The molecule has 1 aliphatic rings. The molecule has 0 radical (unpaired) electrons. The summed E-state index contributed by atoms with van der Waals surface area (Å²) in [6.45, 7) is 0. The smallest absolute Gasteiger partial charge is 0.325 e. The van der Waals surface area contributed by atoms with Crippen LogP contribution in [0.15, 0.2) is 24.3 Å². The van der Waals surface area contributed by atoms with Crippen LogP contribution < -0.4 is 4.74 Å². The monoisotopic (exact) mass is 303 g/mol. The molecule has 0 aliphatic heterocycles. The normalized spacial score (nSPS) is 21.9. The van der Waals surface area contributed by atoms with Crippen molar-refractivity contribution < 1.29 is 23.8 Å². The summed E-state index contributed by atoms with van der Waals surface area (Å²) in [5.41, 5.74) is -0.838. The number of hydrogen-bond donors (Lipinski definition) is 0. The standard InChI is InChI=1S/C16H17NO5/c1-20-12-6-4-10(5-7-12)13-8-11(9-17)16(13,14(18)21-2)15(19)22-3/h4-7,11,13H,8H2,1-3H3/t11-,13+/m1/s1. The highest BCUT2D eigenvalue weighted by atomic mass is 16.5.